The molecule has 0 spiro atoms. The molecule has 1 aromatic heterocycles. The van der Waals surface area contributed by atoms with E-state index in [1.165, 1.54) is 0 Å². The van der Waals surface area contributed by atoms with Gasteiger partial charge in [-0.3, -0.25) is 4.90 Å². The summed E-state index contributed by atoms with van der Waals surface area (Å²) >= 11 is 0. The summed E-state index contributed by atoms with van der Waals surface area (Å²) in [6.07, 6.45) is 0. The van der Waals surface area contributed by atoms with Gasteiger partial charge in [-0.2, -0.15) is 4.31 Å². The van der Waals surface area contributed by atoms with Gasteiger partial charge in [0.05, 0.1) is 11.4 Å². The predicted octanol–water partition coefficient (Wildman–Crippen LogP) is 1.94. The van der Waals surface area contributed by atoms with E-state index in [-0.39, 0.29) is 5.75 Å². The van der Waals surface area contributed by atoms with Crippen molar-refractivity contribution in [3.05, 3.63) is 52.9 Å². The third-order valence-corrected chi connectivity index (χ3v) is 6.11. The number of hydrogen-bond acceptors (Lipinski definition) is 5. The van der Waals surface area contributed by atoms with Crippen molar-refractivity contribution in [3.63, 3.8) is 0 Å². The molecule has 0 radical (unpaired) electrons. The van der Waals surface area contributed by atoms with Crippen LogP contribution < -0.4 is 0 Å². The normalized spacial score (nSPS) is 17.2. The van der Waals surface area contributed by atoms with Gasteiger partial charge in [0, 0.05) is 38.8 Å². The Morgan fingerprint density at radius 3 is 2.33 bits per heavy atom. The maximum Gasteiger partial charge on any atom is 0.218 e. The Labute approximate surface area is 143 Å². The summed E-state index contributed by atoms with van der Waals surface area (Å²) in [6.45, 7) is 7.01. The molecule has 0 aliphatic carbocycles. The molecule has 0 amide bonds. The van der Waals surface area contributed by atoms with E-state index < -0.39 is 10.0 Å². The van der Waals surface area contributed by atoms with E-state index >= 15 is 0 Å². The molecule has 1 saturated heterocycles. The fourth-order valence-corrected chi connectivity index (χ4v) is 4.39. The topological polar surface area (TPSA) is 66.7 Å². The molecule has 0 N–H and O–H groups in total. The number of benzene rings is 1. The van der Waals surface area contributed by atoms with Gasteiger partial charge in [-0.15, -0.1) is 0 Å². The Morgan fingerprint density at radius 2 is 1.75 bits per heavy atom. The van der Waals surface area contributed by atoms with Crippen molar-refractivity contribution >= 4 is 10.0 Å². The van der Waals surface area contributed by atoms with Gasteiger partial charge >= 0.3 is 0 Å². The molecule has 0 bridgehead atoms. The van der Waals surface area contributed by atoms with Crippen LogP contribution in [0, 0.1) is 13.8 Å². The van der Waals surface area contributed by atoms with Gasteiger partial charge in [0.2, 0.25) is 10.0 Å². The molecule has 130 valence electrons. The molecule has 1 aliphatic rings. The lowest BCUT2D eigenvalue weighted by Crippen LogP contribution is -2.48. The van der Waals surface area contributed by atoms with Crippen LogP contribution in [0.3, 0.4) is 0 Å². The number of aromatic nitrogens is 1. The summed E-state index contributed by atoms with van der Waals surface area (Å²) in [5, 5.41) is 3.99. The Kier molecular flexibility index (Phi) is 5.03. The molecule has 0 atom stereocenters. The zero-order valence-electron chi connectivity index (χ0n) is 14.1. The number of rotatable bonds is 5. The first-order chi connectivity index (χ1) is 11.4. The van der Waals surface area contributed by atoms with E-state index in [2.05, 4.69) is 10.1 Å². The summed E-state index contributed by atoms with van der Waals surface area (Å²) in [5.74, 6) is 0.861. The average Bonchev–Trinajstić information content (AvgIpc) is 2.95. The van der Waals surface area contributed by atoms with Crippen LogP contribution >= 0.6 is 0 Å². The molecule has 2 heterocycles. The molecule has 3 rings (SSSR count). The first-order valence-electron chi connectivity index (χ1n) is 8.10. The van der Waals surface area contributed by atoms with Crippen molar-refractivity contribution in [2.24, 2.45) is 0 Å². The van der Waals surface area contributed by atoms with Crippen LogP contribution in [0.5, 0.6) is 0 Å². The molecular weight excluding hydrogens is 326 g/mol. The van der Waals surface area contributed by atoms with Crippen molar-refractivity contribution in [2.45, 2.75) is 26.1 Å². The van der Waals surface area contributed by atoms with Gasteiger partial charge in [-0.1, -0.05) is 35.0 Å². The minimum atomic E-state index is -3.27. The Hall–Kier alpha value is -1.70. The average molecular weight is 349 g/mol. The lowest BCUT2D eigenvalue weighted by Gasteiger charge is -2.33. The fraction of sp³-hybridized carbons (Fsp3) is 0.471. The number of piperazine rings is 1. The maximum atomic E-state index is 12.6. The smallest absolute Gasteiger partial charge is 0.218 e. The summed E-state index contributed by atoms with van der Waals surface area (Å²) in [4.78, 5) is 2.20. The highest BCUT2D eigenvalue weighted by molar-refractivity contribution is 7.88. The van der Waals surface area contributed by atoms with Gasteiger partial charge in [-0.25, -0.2) is 8.42 Å². The van der Waals surface area contributed by atoms with Crippen LogP contribution in [0.1, 0.15) is 22.6 Å². The van der Waals surface area contributed by atoms with Crippen LogP contribution in [0.25, 0.3) is 0 Å². The third-order valence-electron chi connectivity index (χ3n) is 4.26. The van der Waals surface area contributed by atoms with Crippen molar-refractivity contribution in [3.8, 4) is 0 Å². The van der Waals surface area contributed by atoms with Crippen molar-refractivity contribution in [2.75, 3.05) is 26.2 Å². The van der Waals surface area contributed by atoms with E-state index in [0.29, 0.717) is 32.7 Å². The van der Waals surface area contributed by atoms with Gasteiger partial charge in [0.25, 0.3) is 0 Å². The number of aryl methyl sites for hydroxylation is 2. The Bertz CT molecular complexity index is 776. The van der Waals surface area contributed by atoms with Crippen molar-refractivity contribution < 1.29 is 12.9 Å². The molecule has 7 heteroatoms. The minimum absolute atomic E-state index is 0.0652. The zero-order valence-corrected chi connectivity index (χ0v) is 14.9. The highest BCUT2D eigenvalue weighted by Crippen LogP contribution is 2.15. The van der Waals surface area contributed by atoms with Crippen LogP contribution in [-0.2, 0) is 22.3 Å². The van der Waals surface area contributed by atoms with Gasteiger partial charge in [-0.05, 0) is 19.4 Å². The van der Waals surface area contributed by atoms with Gasteiger partial charge in [0.15, 0.2) is 0 Å². The molecular formula is C17H23N3O3S. The molecule has 1 aliphatic heterocycles. The summed E-state index contributed by atoms with van der Waals surface area (Å²) in [6, 6.07) is 9.58. The third kappa shape index (κ3) is 4.23. The minimum Gasteiger partial charge on any atom is -0.361 e. The lowest BCUT2D eigenvalue weighted by atomic mass is 10.2. The van der Waals surface area contributed by atoms with Crippen LogP contribution in [0.4, 0.5) is 0 Å². The Balaban J connectivity index is 1.56. The predicted molar refractivity (Wildman–Crippen MR) is 91.9 cm³/mol. The molecule has 6 nitrogen and oxygen atoms in total. The number of nitrogens with zero attached hydrogens (tertiary/aromatic N) is 3. The van der Waals surface area contributed by atoms with E-state index in [1.807, 2.05) is 44.2 Å². The number of hydrogen-bond donors (Lipinski definition) is 0. The SMILES string of the molecule is Cc1ccc(CS(=O)(=O)N2CCN(Cc3cc(C)on3)CC2)cc1. The van der Waals surface area contributed by atoms with Crippen LogP contribution in [0.2, 0.25) is 0 Å². The fourth-order valence-electron chi connectivity index (χ4n) is 2.87. The van der Waals surface area contributed by atoms with Gasteiger partial charge in [0.1, 0.15) is 5.76 Å². The van der Waals surface area contributed by atoms with Gasteiger partial charge < -0.3 is 4.52 Å². The van der Waals surface area contributed by atoms with Crippen molar-refractivity contribution in [1.29, 1.82) is 0 Å². The van der Waals surface area contributed by atoms with Crippen LogP contribution in [0.15, 0.2) is 34.9 Å². The molecule has 2 aromatic rings. The molecule has 0 saturated carbocycles. The second kappa shape index (κ2) is 7.04. The summed E-state index contributed by atoms with van der Waals surface area (Å²) in [5.41, 5.74) is 2.86. The second-order valence-corrected chi connectivity index (χ2v) is 8.31. The Morgan fingerprint density at radius 1 is 1.08 bits per heavy atom. The number of sulfonamides is 1. The molecule has 1 aromatic carbocycles. The molecule has 0 unspecified atom stereocenters. The van der Waals surface area contributed by atoms with Crippen molar-refractivity contribution in [1.82, 2.24) is 14.4 Å². The van der Waals surface area contributed by atoms with E-state index in [1.54, 1.807) is 4.31 Å². The summed E-state index contributed by atoms with van der Waals surface area (Å²) in [7, 11) is -3.27. The molecule has 24 heavy (non-hydrogen) atoms. The summed E-state index contributed by atoms with van der Waals surface area (Å²) < 4.78 is 31.8. The van der Waals surface area contributed by atoms with E-state index in [4.69, 9.17) is 4.52 Å². The van der Waals surface area contributed by atoms with E-state index in [9.17, 15) is 8.42 Å². The second-order valence-electron chi connectivity index (χ2n) is 6.35. The highest BCUT2D eigenvalue weighted by Gasteiger charge is 2.27. The van der Waals surface area contributed by atoms with E-state index in [0.717, 1.165) is 22.6 Å². The highest BCUT2D eigenvalue weighted by atomic mass is 32.2. The maximum absolute atomic E-state index is 12.6. The zero-order chi connectivity index (χ0) is 17.2. The monoisotopic (exact) mass is 349 g/mol. The quantitative estimate of drug-likeness (QED) is 0.825. The largest absolute Gasteiger partial charge is 0.361 e. The lowest BCUT2D eigenvalue weighted by molar-refractivity contribution is 0.177. The molecule has 1 fully saturated rings. The van der Waals surface area contributed by atoms with Crippen LogP contribution in [-0.4, -0.2) is 49.0 Å². The standard InChI is InChI=1S/C17H23N3O3S/c1-14-3-5-16(6-4-14)13-24(21,22)20-9-7-19(8-10-20)12-17-11-15(2)23-18-17/h3-6,11H,7-10,12-13H2,1-2H3. The first kappa shape index (κ1) is 17.1. The first-order valence-corrected chi connectivity index (χ1v) is 9.71.